The number of nitrogens with zero attached hydrogens (tertiary/aromatic N) is 1. The van der Waals surface area contributed by atoms with Gasteiger partial charge in [0.25, 0.3) is 0 Å². The smallest absolute Gasteiger partial charge is 0.247 e. The fourth-order valence-corrected chi connectivity index (χ4v) is 1.89. The Labute approximate surface area is 118 Å². The zero-order valence-electron chi connectivity index (χ0n) is 11.3. The van der Waals surface area contributed by atoms with E-state index in [4.69, 9.17) is 0 Å². The fraction of sp³-hybridized carbons (Fsp3) is 0.385. The number of benzene rings is 1. The Balaban J connectivity index is 2.84. The zero-order valence-corrected chi connectivity index (χ0v) is 12.2. The minimum Gasteiger partial charge on any atom is -0.376 e. The standard InChI is InChI=1S/C13H19N3O2S/c1-9(17)14-11(8-19)13(18)15-10-6-4-5-7-12(10)16(2)3/h4-7,11,19H,8H2,1-3H3,(H,14,17)(H,15,18). The van der Waals surface area contributed by atoms with E-state index in [-0.39, 0.29) is 17.6 Å². The minimum atomic E-state index is -0.643. The lowest BCUT2D eigenvalue weighted by atomic mass is 10.2. The van der Waals surface area contributed by atoms with Crippen LogP contribution >= 0.6 is 12.6 Å². The van der Waals surface area contributed by atoms with Crippen molar-refractivity contribution < 1.29 is 9.59 Å². The SMILES string of the molecule is CC(=O)NC(CS)C(=O)Nc1ccccc1N(C)C. The molecular weight excluding hydrogens is 262 g/mol. The Bertz CT molecular complexity index is 463. The van der Waals surface area contributed by atoms with Gasteiger partial charge in [-0.15, -0.1) is 0 Å². The molecule has 0 aliphatic heterocycles. The molecule has 2 N–H and O–H groups in total. The van der Waals surface area contributed by atoms with Crippen LogP contribution in [0.5, 0.6) is 0 Å². The summed E-state index contributed by atoms with van der Waals surface area (Å²) in [7, 11) is 3.80. The average Bonchev–Trinajstić information content (AvgIpc) is 2.35. The summed E-state index contributed by atoms with van der Waals surface area (Å²) >= 11 is 4.08. The van der Waals surface area contributed by atoms with Gasteiger partial charge in [-0.2, -0.15) is 12.6 Å². The summed E-state index contributed by atoms with van der Waals surface area (Å²) in [6, 6.07) is 6.82. The number of rotatable bonds is 5. The molecule has 104 valence electrons. The number of carbonyl (C=O) groups excluding carboxylic acids is 2. The van der Waals surface area contributed by atoms with E-state index >= 15 is 0 Å². The van der Waals surface area contributed by atoms with Gasteiger partial charge in [0.15, 0.2) is 0 Å². The minimum absolute atomic E-state index is 0.246. The molecule has 0 saturated heterocycles. The van der Waals surface area contributed by atoms with Crippen molar-refractivity contribution in [2.75, 3.05) is 30.1 Å². The molecule has 1 unspecified atom stereocenters. The highest BCUT2D eigenvalue weighted by atomic mass is 32.1. The molecule has 19 heavy (non-hydrogen) atoms. The number of anilines is 2. The lowest BCUT2D eigenvalue weighted by Crippen LogP contribution is -2.44. The van der Waals surface area contributed by atoms with Crippen LogP contribution in [0.25, 0.3) is 0 Å². The van der Waals surface area contributed by atoms with Crippen LogP contribution in [-0.4, -0.2) is 37.7 Å². The van der Waals surface area contributed by atoms with Crippen LogP contribution in [0.4, 0.5) is 11.4 Å². The van der Waals surface area contributed by atoms with E-state index in [1.807, 2.05) is 43.3 Å². The molecular formula is C13H19N3O2S. The Morgan fingerprint density at radius 1 is 1.32 bits per heavy atom. The van der Waals surface area contributed by atoms with Crippen LogP contribution in [0.3, 0.4) is 0 Å². The van der Waals surface area contributed by atoms with E-state index in [1.165, 1.54) is 6.92 Å². The fourth-order valence-electron chi connectivity index (χ4n) is 1.63. The van der Waals surface area contributed by atoms with Gasteiger partial charge in [0, 0.05) is 26.8 Å². The van der Waals surface area contributed by atoms with Gasteiger partial charge >= 0.3 is 0 Å². The lowest BCUT2D eigenvalue weighted by molar-refractivity contribution is -0.124. The van der Waals surface area contributed by atoms with Gasteiger partial charge in [0.05, 0.1) is 11.4 Å². The van der Waals surface area contributed by atoms with Gasteiger partial charge in [-0.25, -0.2) is 0 Å². The van der Waals surface area contributed by atoms with Crippen molar-refractivity contribution in [1.29, 1.82) is 0 Å². The zero-order chi connectivity index (χ0) is 14.4. The predicted octanol–water partition coefficient (Wildman–Crippen LogP) is 1.13. The Morgan fingerprint density at radius 2 is 1.95 bits per heavy atom. The van der Waals surface area contributed by atoms with E-state index < -0.39 is 6.04 Å². The first kappa shape index (κ1) is 15.4. The molecule has 0 saturated carbocycles. The molecule has 0 radical (unpaired) electrons. The van der Waals surface area contributed by atoms with E-state index in [2.05, 4.69) is 23.3 Å². The molecule has 1 aromatic rings. The summed E-state index contributed by atoms with van der Waals surface area (Å²) in [5.74, 6) is -0.287. The molecule has 1 aromatic carbocycles. The Kier molecular flexibility index (Phi) is 5.69. The molecule has 5 nitrogen and oxygen atoms in total. The molecule has 1 atom stereocenters. The maximum atomic E-state index is 12.1. The van der Waals surface area contributed by atoms with Gasteiger partial charge < -0.3 is 15.5 Å². The third-order valence-corrected chi connectivity index (χ3v) is 2.89. The van der Waals surface area contributed by atoms with Crippen molar-refractivity contribution in [3.8, 4) is 0 Å². The van der Waals surface area contributed by atoms with Crippen molar-refractivity contribution in [2.24, 2.45) is 0 Å². The summed E-state index contributed by atoms with van der Waals surface area (Å²) in [5, 5.41) is 5.36. The summed E-state index contributed by atoms with van der Waals surface area (Å²) in [6.45, 7) is 1.37. The van der Waals surface area contributed by atoms with Crippen LogP contribution in [0, 0.1) is 0 Å². The van der Waals surface area contributed by atoms with Crippen LogP contribution < -0.4 is 15.5 Å². The first-order valence-corrected chi connectivity index (χ1v) is 6.54. The molecule has 2 amide bonds. The largest absolute Gasteiger partial charge is 0.376 e. The Morgan fingerprint density at radius 3 is 2.47 bits per heavy atom. The quantitative estimate of drug-likeness (QED) is 0.709. The first-order chi connectivity index (χ1) is 8.95. The van der Waals surface area contributed by atoms with Crippen LogP contribution in [0.1, 0.15) is 6.92 Å². The summed E-state index contributed by atoms with van der Waals surface area (Å²) in [5.41, 5.74) is 1.60. The van der Waals surface area contributed by atoms with Gasteiger partial charge in [-0.3, -0.25) is 9.59 Å². The number of nitrogens with one attached hydrogen (secondary N) is 2. The van der Waals surface area contributed by atoms with Gasteiger partial charge in [-0.1, -0.05) is 12.1 Å². The number of hydrogen-bond acceptors (Lipinski definition) is 4. The first-order valence-electron chi connectivity index (χ1n) is 5.91. The van der Waals surface area contributed by atoms with Crippen LogP contribution in [0.15, 0.2) is 24.3 Å². The molecule has 0 aliphatic carbocycles. The third kappa shape index (κ3) is 4.48. The molecule has 0 aromatic heterocycles. The second kappa shape index (κ2) is 7.04. The van der Waals surface area contributed by atoms with E-state index in [0.717, 1.165) is 5.69 Å². The number of thiol groups is 1. The average molecular weight is 281 g/mol. The van der Waals surface area contributed by atoms with E-state index in [0.29, 0.717) is 5.69 Å². The molecule has 6 heteroatoms. The molecule has 0 aliphatic rings. The molecule has 0 heterocycles. The van der Waals surface area contributed by atoms with Crippen molar-refractivity contribution in [2.45, 2.75) is 13.0 Å². The van der Waals surface area contributed by atoms with Crippen LogP contribution in [-0.2, 0) is 9.59 Å². The number of hydrogen-bond donors (Lipinski definition) is 3. The summed E-state index contributed by atoms with van der Waals surface area (Å²) in [6.07, 6.45) is 0. The summed E-state index contributed by atoms with van der Waals surface area (Å²) < 4.78 is 0. The van der Waals surface area contributed by atoms with E-state index in [9.17, 15) is 9.59 Å². The van der Waals surface area contributed by atoms with Crippen molar-refractivity contribution in [1.82, 2.24) is 5.32 Å². The highest BCUT2D eigenvalue weighted by Gasteiger charge is 2.18. The monoisotopic (exact) mass is 281 g/mol. The normalized spacial score (nSPS) is 11.6. The molecule has 0 bridgehead atoms. The highest BCUT2D eigenvalue weighted by molar-refractivity contribution is 7.80. The van der Waals surface area contributed by atoms with E-state index in [1.54, 1.807) is 0 Å². The molecule has 0 fully saturated rings. The topological polar surface area (TPSA) is 61.4 Å². The second-order valence-electron chi connectivity index (χ2n) is 4.34. The number of amides is 2. The third-order valence-electron chi connectivity index (χ3n) is 2.52. The predicted molar refractivity (Wildman–Crippen MR) is 80.9 cm³/mol. The van der Waals surface area contributed by atoms with Crippen molar-refractivity contribution in [3.63, 3.8) is 0 Å². The van der Waals surface area contributed by atoms with Crippen molar-refractivity contribution >= 4 is 35.8 Å². The summed E-state index contributed by atoms with van der Waals surface area (Å²) in [4.78, 5) is 25.0. The van der Waals surface area contributed by atoms with Gasteiger partial charge in [-0.05, 0) is 12.1 Å². The maximum absolute atomic E-state index is 12.1. The lowest BCUT2D eigenvalue weighted by Gasteiger charge is -2.20. The van der Waals surface area contributed by atoms with Crippen molar-refractivity contribution in [3.05, 3.63) is 24.3 Å². The van der Waals surface area contributed by atoms with Crippen LogP contribution in [0.2, 0.25) is 0 Å². The number of para-hydroxylation sites is 2. The maximum Gasteiger partial charge on any atom is 0.247 e. The molecule has 1 rings (SSSR count). The highest BCUT2D eigenvalue weighted by Crippen LogP contribution is 2.23. The van der Waals surface area contributed by atoms with Gasteiger partial charge in [0.1, 0.15) is 6.04 Å². The number of carbonyl (C=O) groups is 2. The van der Waals surface area contributed by atoms with Gasteiger partial charge in [0.2, 0.25) is 11.8 Å². The Hall–Kier alpha value is -1.69. The second-order valence-corrected chi connectivity index (χ2v) is 4.70. The molecule has 0 spiro atoms.